The molecule has 2 N–H and O–H groups in total. The molecule has 4 aromatic heterocycles. The second-order valence-corrected chi connectivity index (χ2v) is 6.82. The van der Waals surface area contributed by atoms with Gasteiger partial charge in [-0.2, -0.15) is 0 Å². The number of imidazole rings is 1. The minimum Gasteiger partial charge on any atom is -0.352 e. The Bertz CT molecular complexity index is 1050. The van der Waals surface area contributed by atoms with Gasteiger partial charge >= 0.3 is 0 Å². The third-order valence-corrected chi connectivity index (χ3v) is 5.06. The van der Waals surface area contributed by atoms with Crippen LogP contribution in [0.5, 0.6) is 0 Å². The van der Waals surface area contributed by atoms with E-state index in [0.717, 1.165) is 28.4 Å². The van der Waals surface area contributed by atoms with Crippen LogP contribution in [0, 0.1) is 6.92 Å². The van der Waals surface area contributed by atoms with Crippen molar-refractivity contribution in [2.45, 2.75) is 13.3 Å². The molecule has 6 nitrogen and oxygen atoms in total. The normalized spacial score (nSPS) is 11.0. The number of aryl methyl sites for hydroxylation is 1. The number of thiophene rings is 1. The molecule has 0 aliphatic heterocycles. The highest BCUT2D eigenvalue weighted by atomic mass is 32.1. The molecule has 130 valence electrons. The number of amides is 1. The van der Waals surface area contributed by atoms with Gasteiger partial charge in [-0.3, -0.25) is 9.78 Å². The van der Waals surface area contributed by atoms with Crippen LogP contribution in [0.1, 0.15) is 21.6 Å². The maximum Gasteiger partial charge on any atom is 0.253 e. The van der Waals surface area contributed by atoms with Gasteiger partial charge in [-0.05, 0) is 42.5 Å². The molecule has 0 aliphatic rings. The number of carbonyl (C=O) groups is 1. The zero-order valence-electron chi connectivity index (χ0n) is 14.2. The lowest BCUT2D eigenvalue weighted by Crippen LogP contribution is -2.26. The molecule has 0 atom stereocenters. The summed E-state index contributed by atoms with van der Waals surface area (Å²) in [5, 5.41) is 4.96. The quantitative estimate of drug-likeness (QED) is 0.569. The standard InChI is InChI=1S/C19H17N5OS/c1-12-13(4-2-8-20-12)6-9-22-19(25)14-7-10-21-18-16(14)23-17(24-18)15-5-3-11-26-15/h2-5,7-8,10-11H,6,9H2,1H3,(H,22,25)(H,21,23,24). The van der Waals surface area contributed by atoms with Crippen LogP contribution in [0.3, 0.4) is 0 Å². The minimum absolute atomic E-state index is 0.150. The summed E-state index contributed by atoms with van der Waals surface area (Å²) in [7, 11) is 0. The van der Waals surface area contributed by atoms with E-state index in [1.54, 1.807) is 29.8 Å². The molecule has 4 heterocycles. The molecular weight excluding hydrogens is 346 g/mol. The van der Waals surface area contributed by atoms with Crippen LogP contribution in [0.2, 0.25) is 0 Å². The summed E-state index contributed by atoms with van der Waals surface area (Å²) in [4.78, 5) is 30.0. The number of nitrogens with one attached hydrogen (secondary N) is 2. The van der Waals surface area contributed by atoms with E-state index in [9.17, 15) is 4.79 Å². The zero-order valence-corrected chi connectivity index (χ0v) is 15.0. The third kappa shape index (κ3) is 3.21. The Morgan fingerprint density at radius 2 is 2.12 bits per heavy atom. The number of fused-ring (bicyclic) bond motifs is 1. The minimum atomic E-state index is -0.150. The molecule has 7 heteroatoms. The Morgan fingerprint density at radius 3 is 2.92 bits per heavy atom. The summed E-state index contributed by atoms with van der Waals surface area (Å²) in [5.74, 6) is 0.580. The maximum atomic E-state index is 12.6. The topological polar surface area (TPSA) is 83.6 Å². The fourth-order valence-corrected chi connectivity index (χ4v) is 3.48. The Labute approximate surface area is 154 Å². The van der Waals surface area contributed by atoms with Crippen molar-refractivity contribution >= 4 is 28.4 Å². The summed E-state index contributed by atoms with van der Waals surface area (Å²) in [6.45, 7) is 2.51. The fourth-order valence-electron chi connectivity index (χ4n) is 2.81. The van der Waals surface area contributed by atoms with Gasteiger partial charge in [0.15, 0.2) is 5.65 Å². The van der Waals surface area contributed by atoms with Crippen molar-refractivity contribution in [2.75, 3.05) is 6.54 Å². The molecule has 0 unspecified atom stereocenters. The van der Waals surface area contributed by atoms with E-state index in [1.807, 2.05) is 36.6 Å². The van der Waals surface area contributed by atoms with Gasteiger partial charge in [0.05, 0.1) is 10.4 Å². The van der Waals surface area contributed by atoms with Crippen LogP contribution in [-0.4, -0.2) is 32.4 Å². The molecule has 26 heavy (non-hydrogen) atoms. The molecule has 4 rings (SSSR count). The highest BCUT2D eigenvalue weighted by Crippen LogP contribution is 2.25. The highest BCUT2D eigenvalue weighted by Gasteiger charge is 2.15. The lowest BCUT2D eigenvalue weighted by Gasteiger charge is -2.07. The van der Waals surface area contributed by atoms with Crippen LogP contribution in [-0.2, 0) is 6.42 Å². The van der Waals surface area contributed by atoms with Crippen LogP contribution >= 0.6 is 11.3 Å². The Balaban J connectivity index is 1.52. The number of hydrogen-bond acceptors (Lipinski definition) is 5. The van der Waals surface area contributed by atoms with Crippen molar-refractivity contribution in [1.82, 2.24) is 25.3 Å². The van der Waals surface area contributed by atoms with Crippen molar-refractivity contribution in [1.29, 1.82) is 0 Å². The van der Waals surface area contributed by atoms with Gasteiger partial charge in [-0.25, -0.2) is 9.97 Å². The number of pyridine rings is 2. The molecule has 0 aromatic carbocycles. The molecule has 0 radical (unpaired) electrons. The van der Waals surface area contributed by atoms with E-state index in [4.69, 9.17) is 0 Å². The van der Waals surface area contributed by atoms with Gasteiger partial charge in [0, 0.05) is 24.6 Å². The Hall–Kier alpha value is -3.06. The van der Waals surface area contributed by atoms with E-state index in [-0.39, 0.29) is 5.91 Å². The number of aromatic nitrogens is 4. The first-order valence-corrected chi connectivity index (χ1v) is 9.17. The number of hydrogen-bond donors (Lipinski definition) is 2. The molecule has 0 saturated heterocycles. The van der Waals surface area contributed by atoms with Crippen molar-refractivity contribution in [3.05, 3.63) is 64.9 Å². The van der Waals surface area contributed by atoms with Gasteiger partial charge in [0.1, 0.15) is 11.3 Å². The SMILES string of the molecule is Cc1ncccc1CCNC(=O)c1ccnc2[nH]c(-c3cccs3)nc12. The lowest BCUT2D eigenvalue weighted by molar-refractivity contribution is 0.0955. The van der Waals surface area contributed by atoms with Crippen LogP contribution in [0.4, 0.5) is 0 Å². The van der Waals surface area contributed by atoms with E-state index < -0.39 is 0 Å². The van der Waals surface area contributed by atoms with Gasteiger partial charge in [-0.15, -0.1) is 11.3 Å². The molecule has 0 fully saturated rings. The monoisotopic (exact) mass is 363 g/mol. The van der Waals surface area contributed by atoms with E-state index >= 15 is 0 Å². The number of carbonyl (C=O) groups excluding carboxylic acids is 1. The Morgan fingerprint density at radius 1 is 1.19 bits per heavy atom. The average Bonchev–Trinajstić information content (AvgIpc) is 3.32. The molecule has 0 aliphatic carbocycles. The third-order valence-electron chi connectivity index (χ3n) is 4.18. The first-order valence-electron chi connectivity index (χ1n) is 8.29. The van der Waals surface area contributed by atoms with Crippen molar-refractivity contribution in [3.8, 4) is 10.7 Å². The first-order chi connectivity index (χ1) is 12.7. The second kappa shape index (κ2) is 7.05. The molecule has 0 spiro atoms. The first kappa shape index (κ1) is 16.4. The fraction of sp³-hybridized carbons (Fsp3) is 0.158. The van der Waals surface area contributed by atoms with Crippen LogP contribution < -0.4 is 5.32 Å². The predicted molar refractivity (Wildman–Crippen MR) is 102 cm³/mol. The molecule has 0 bridgehead atoms. The molecule has 0 saturated carbocycles. The summed E-state index contributed by atoms with van der Waals surface area (Å²) >= 11 is 1.59. The van der Waals surface area contributed by atoms with Gasteiger partial charge in [0.25, 0.3) is 5.91 Å². The van der Waals surface area contributed by atoms with Gasteiger partial charge in [0.2, 0.25) is 0 Å². The highest BCUT2D eigenvalue weighted by molar-refractivity contribution is 7.13. The molecular formula is C19H17N5OS. The van der Waals surface area contributed by atoms with E-state index in [0.29, 0.717) is 23.3 Å². The molecule has 1 amide bonds. The van der Waals surface area contributed by atoms with E-state index in [2.05, 4.69) is 25.3 Å². The number of aromatic amines is 1. The molecule has 4 aromatic rings. The van der Waals surface area contributed by atoms with Gasteiger partial charge < -0.3 is 10.3 Å². The lowest BCUT2D eigenvalue weighted by atomic mass is 10.1. The average molecular weight is 363 g/mol. The van der Waals surface area contributed by atoms with Crippen molar-refractivity contribution in [3.63, 3.8) is 0 Å². The summed E-state index contributed by atoms with van der Waals surface area (Å²) in [6.07, 6.45) is 4.13. The van der Waals surface area contributed by atoms with Crippen LogP contribution in [0.25, 0.3) is 21.9 Å². The Kier molecular flexibility index (Phi) is 4.45. The number of H-pyrrole nitrogens is 1. The van der Waals surface area contributed by atoms with E-state index in [1.165, 1.54) is 0 Å². The summed E-state index contributed by atoms with van der Waals surface area (Å²) < 4.78 is 0. The number of rotatable bonds is 5. The summed E-state index contributed by atoms with van der Waals surface area (Å²) in [5.41, 5.74) is 3.85. The van der Waals surface area contributed by atoms with Gasteiger partial charge in [-0.1, -0.05) is 12.1 Å². The second-order valence-electron chi connectivity index (χ2n) is 5.87. The smallest absolute Gasteiger partial charge is 0.253 e. The van der Waals surface area contributed by atoms with Crippen molar-refractivity contribution < 1.29 is 4.79 Å². The van der Waals surface area contributed by atoms with Crippen LogP contribution in [0.15, 0.2) is 48.1 Å². The number of nitrogens with zero attached hydrogens (tertiary/aromatic N) is 3. The predicted octanol–water partition coefficient (Wildman–Crippen LogP) is 3.36. The van der Waals surface area contributed by atoms with Crippen molar-refractivity contribution in [2.24, 2.45) is 0 Å². The largest absolute Gasteiger partial charge is 0.352 e. The summed E-state index contributed by atoms with van der Waals surface area (Å²) in [6, 6.07) is 9.59. The zero-order chi connectivity index (χ0) is 17.9. The maximum absolute atomic E-state index is 12.6.